The number of piperidine rings is 1. The molecule has 56 heavy (non-hydrogen) atoms. The number of fused-ring (bicyclic) bond motifs is 1. The minimum Gasteiger partial charge on any atom is -0.480 e. The Hall–Kier alpha value is -5.47. The molecule has 2 aliphatic heterocycles. The molecule has 0 radical (unpaired) electrons. The van der Waals surface area contributed by atoms with E-state index in [0.717, 1.165) is 48.8 Å². The van der Waals surface area contributed by atoms with Crippen LogP contribution < -0.4 is 27.4 Å². The van der Waals surface area contributed by atoms with Gasteiger partial charge in [0.15, 0.2) is 5.96 Å². The highest BCUT2D eigenvalue weighted by molar-refractivity contribution is 5.96. The van der Waals surface area contributed by atoms with Crippen LogP contribution in [0.1, 0.15) is 87.8 Å². The maximum Gasteiger partial charge on any atom is 0.326 e. The summed E-state index contributed by atoms with van der Waals surface area (Å²) in [5.74, 6) is -3.71. The number of rotatable bonds is 15. The Morgan fingerprint density at radius 2 is 1.45 bits per heavy atom. The van der Waals surface area contributed by atoms with Crippen molar-refractivity contribution in [2.75, 3.05) is 13.1 Å². The highest BCUT2D eigenvalue weighted by Crippen LogP contribution is 2.28. The number of guanidine groups is 1. The second-order valence-electron chi connectivity index (χ2n) is 15.2. The number of amides is 5. The molecule has 302 valence electrons. The summed E-state index contributed by atoms with van der Waals surface area (Å²) in [7, 11) is 0. The lowest BCUT2D eigenvalue weighted by Crippen LogP contribution is -2.62. The molecular formula is C41H56N8O7. The first-order chi connectivity index (χ1) is 26.9. The van der Waals surface area contributed by atoms with E-state index in [1.165, 1.54) is 16.7 Å². The van der Waals surface area contributed by atoms with Crippen molar-refractivity contribution in [1.29, 1.82) is 0 Å². The van der Waals surface area contributed by atoms with Crippen LogP contribution in [0.2, 0.25) is 0 Å². The number of nitrogens with zero attached hydrogens (tertiary/aromatic N) is 3. The van der Waals surface area contributed by atoms with Crippen LogP contribution in [0.25, 0.3) is 0 Å². The number of benzene rings is 2. The van der Waals surface area contributed by atoms with Gasteiger partial charge in [-0.25, -0.2) is 4.79 Å². The van der Waals surface area contributed by atoms with Gasteiger partial charge in [-0.05, 0) is 67.6 Å². The number of carbonyl (C=O) groups excluding carboxylic acids is 5. The molecule has 1 saturated heterocycles. The average molecular weight is 773 g/mol. The normalized spacial score (nSPS) is 20.0. The molecule has 2 heterocycles. The van der Waals surface area contributed by atoms with Crippen LogP contribution in [-0.4, -0.2) is 99.7 Å². The van der Waals surface area contributed by atoms with E-state index in [4.69, 9.17) is 11.5 Å². The Morgan fingerprint density at radius 3 is 2.12 bits per heavy atom. The van der Waals surface area contributed by atoms with E-state index in [0.29, 0.717) is 25.7 Å². The van der Waals surface area contributed by atoms with Gasteiger partial charge in [-0.3, -0.25) is 29.0 Å². The third-order valence-electron chi connectivity index (χ3n) is 11.1. The molecule has 1 aliphatic carbocycles. The van der Waals surface area contributed by atoms with Gasteiger partial charge in [0.25, 0.3) is 0 Å². The van der Waals surface area contributed by atoms with E-state index in [2.05, 4.69) is 20.9 Å². The van der Waals surface area contributed by atoms with E-state index < -0.39 is 59.8 Å². The van der Waals surface area contributed by atoms with E-state index >= 15 is 0 Å². The number of hydrogen-bond acceptors (Lipinski definition) is 7. The second-order valence-corrected chi connectivity index (χ2v) is 15.2. The van der Waals surface area contributed by atoms with Crippen molar-refractivity contribution in [3.63, 3.8) is 0 Å². The highest BCUT2D eigenvalue weighted by atomic mass is 16.4. The lowest BCUT2D eigenvalue weighted by molar-refractivity contribution is -0.153. The number of aliphatic carboxylic acids is 1. The summed E-state index contributed by atoms with van der Waals surface area (Å²) in [4.78, 5) is 88.9. The first-order valence-electron chi connectivity index (χ1n) is 19.8. The molecule has 0 bridgehead atoms. The van der Waals surface area contributed by atoms with Crippen molar-refractivity contribution in [3.05, 3.63) is 71.3 Å². The van der Waals surface area contributed by atoms with Crippen molar-refractivity contribution < 1.29 is 33.9 Å². The molecule has 5 rings (SSSR count). The third kappa shape index (κ3) is 11.1. The van der Waals surface area contributed by atoms with Gasteiger partial charge in [-0.2, -0.15) is 0 Å². The van der Waals surface area contributed by atoms with Crippen molar-refractivity contribution in [1.82, 2.24) is 25.8 Å². The summed E-state index contributed by atoms with van der Waals surface area (Å²) in [6.45, 7) is 1.87. The van der Waals surface area contributed by atoms with E-state index in [-0.39, 0.29) is 56.7 Å². The first-order valence-corrected chi connectivity index (χ1v) is 19.8. The number of hydrogen-bond donors (Lipinski definition) is 6. The van der Waals surface area contributed by atoms with Crippen LogP contribution in [-0.2, 0) is 48.2 Å². The topological polar surface area (TPSA) is 230 Å². The SMILES string of the molecule is CC(=O)NC(C(=O)N[C@@H](CCCN=C(N)N)C(=O)N1Cc2ccccc2C[C@H]1C(=O)N[C@@H](Cc1ccccc1)C(=O)N1CCCCC1C(=O)O)C1CCCCC1. The summed E-state index contributed by atoms with van der Waals surface area (Å²) in [6, 6.07) is 11.5. The molecule has 8 N–H and O–H groups in total. The molecule has 2 aromatic rings. The Balaban J connectivity index is 1.45. The number of aliphatic imine (C=N–C) groups is 1. The van der Waals surface area contributed by atoms with Crippen molar-refractivity contribution >= 4 is 41.5 Å². The number of likely N-dealkylation sites (tertiary alicyclic amines) is 1. The number of nitrogens with two attached hydrogens (primary N) is 2. The average Bonchev–Trinajstić information content (AvgIpc) is 3.20. The minimum atomic E-state index is -1.11. The molecule has 2 unspecified atom stereocenters. The Bertz CT molecular complexity index is 1740. The van der Waals surface area contributed by atoms with E-state index in [1.54, 1.807) is 0 Å². The quantitative estimate of drug-likeness (QED) is 0.0879. The summed E-state index contributed by atoms with van der Waals surface area (Å²) < 4.78 is 0. The van der Waals surface area contributed by atoms with Crippen molar-refractivity contribution in [2.24, 2.45) is 22.4 Å². The smallest absolute Gasteiger partial charge is 0.326 e. The number of carboxylic acid groups (broad SMARTS) is 1. The molecule has 3 aliphatic rings. The molecule has 0 spiro atoms. The standard InChI is InChI=1S/C41H56N8O7/c1-26(50)45-35(28-15-6-3-7-16-28)37(52)46-31(19-12-21-44-41(42)43)38(53)49-25-30-18-9-8-17-29(30)24-34(49)36(51)47-32(23-27-13-4-2-5-14-27)39(54)48-22-11-10-20-33(48)40(55)56/h2,4-5,8-9,13-14,17-18,28,31-35H,3,6-7,10-12,15-16,19-25H2,1H3,(H,45,50)(H,46,52)(H,47,51)(H,55,56)(H4,42,43,44)/t31-,32-,33?,34-,35?/m0/s1. The second kappa shape index (κ2) is 19.9. The highest BCUT2D eigenvalue weighted by Gasteiger charge is 2.42. The molecule has 2 aromatic carbocycles. The van der Waals surface area contributed by atoms with Crippen LogP contribution in [0.3, 0.4) is 0 Å². The predicted molar refractivity (Wildman–Crippen MR) is 210 cm³/mol. The fourth-order valence-electron chi connectivity index (χ4n) is 8.27. The van der Waals surface area contributed by atoms with Gasteiger partial charge in [-0.1, -0.05) is 73.9 Å². The van der Waals surface area contributed by atoms with Gasteiger partial charge in [-0.15, -0.1) is 0 Å². The zero-order valence-corrected chi connectivity index (χ0v) is 32.2. The van der Waals surface area contributed by atoms with Crippen LogP contribution in [0, 0.1) is 5.92 Å². The van der Waals surface area contributed by atoms with Gasteiger partial charge in [0.05, 0.1) is 0 Å². The first kappa shape index (κ1) is 41.7. The summed E-state index contributed by atoms with van der Waals surface area (Å²) >= 11 is 0. The zero-order chi connectivity index (χ0) is 40.2. The Labute approximate surface area is 328 Å². The molecule has 5 amide bonds. The maximum atomic E-state index is 14.8. The molecular weight excluding hydrogens is 717 g/mol. The number of nitrogens with one attached hydrogen (secondary N) is 3. The summed E-state index contributed by atoms with van der Waals surface area (Å²) in [5.41, 5.74) is 13.6. The van der Waals surface area contributed by atoms with Crippen molar-refractivity contribution in [3.8, 4) is 0 Å². The monoisotopic (exact) mass is 772 g/mol. The third-order valence-corrected chi connectivity index (χ3v) is 11.1. The molecule has 1 saturated carbocycles. The van der Waals surface area contributed by atoms with Gasteiger partial charge in [0.1, 0.15) is 30.2 Å². The maximum absolute atomic E-state index is 14.8. The van der Waals surface area contributed by atoms with Gasteiger partial charge in [0.2, 0.25) is 29.5 Å². The molecule has 15 nitrogen and oxygen atoms in total. The lowest BCUT2D eigenvalue weighted by Gasteiger charge is -2.40. The van der Waals surface area contributed by atoms with Crippen molar-refractivity contribution in [2.45, 2.75) is 121 Å². The Kier molecular flexibility index (Phi) is 14.8. The molecule has 2 fully saturated rings. The summed E-state index contributed by atoms with van der Waals surface area (Å²) in [6.07, 6.45) is 6.80. The van der Waals surface area contributed by atoms with Gasteiger partial charge >= 0.3 is 5.97 Å². The number of carbonyl (C=O) groups is 6. The van der Waals surface area contributed by atoms with E-state index in [1.807, 2.05) is 54.6 Å². The molecule has 15 heteroatoms. The largest absolute Gasteiger partial charge is 0.480 e. The van der Waals surface area contributed by atoms with Gasteiger partial charge in [0, 0.05) is 39.4 Å². The molecule has 5 atom stereocenters. The Morgan fingerprint density at radius 1 is 0.786 bits per heavy atom. The fourth-order valence-corrected chi connectivity index (χ4v) is 8.27. The summed E-state index contributed by atoms with van der Waals surface area (Å²) in [5, 5.41) is 18.7. The van der Waals surface area contributed by atoms with Gasteiger partial charge < -0.3 is 42.3 Å². The zero-order valence-electron chi connectivity index (χ0n) is 32.2. The van der Waals surface area contributed by atoms with E-state index in [9.17, 15) is 33.9 Å². The van der Waals surface area contributed by atoms with Crippen LogP contribution in [0.15, 0.2) is 59.6 Å². The van der Waals surface area contributed by atoms with Crippen LogP contribution >= 0.6 is 0 Å². The lowest BCUT2D eigenvalue weighted by atomic mass is 9.83. The fraction of sp³-hybridized carbons (Fsp3) is 0.537. The van der Waals surface area contributed by atoms with Crippen LogP contribution in [0.4, 0.5) is 0 Å². The van der Waals surface area contributed by atoms with Crippen LogP contribution in [0.5, 0.6) is 0 Å². The predicted octanol–water partition coefficient (Wildman–Crippen LogP) is 1.76. The number of carboxylic acids is 1. The minimum absolute atomic E-state index is 0.0651. The molecule has 0 aromatic heterocycles.